The van der Waals surface area contributed by atoms with E-state index in [0.717, 1.165) is 11.3 Å². The van der Waals surface area contributed by atoms with Crippen LogP contribution < -0.4 is 5.73 Å². The van der Waals surface area contributed by atoms with Crippen molar-refractivity contribution < 1.29 is 4.39 Å². The van der Waals surface area contributed by atoms with Crippen molar-refractivity contribution in [3.05, 3.63) is 91.2 Å². The third-order valence-electron chi connectivity index (χ3n) is 3.46. The maximum absolute atomic E-state index is 13.0. The van der Waals surface area contributed by atoms with Crippen LogP contribution in [0.3, 0.4) is 0 Å². The minimum atomic E-state index is -0.289. The quantitative estimate of drug-likeness (QED) is 0.726. The van der Waals surface area contributed by atoms with Crippen molar-refractivity contribution in [3.63, 3.8) is 0 Å². The number of nitrogens with two attached hydrogens (primary N) is 1. The molecule has 0 aliphatic carbocycles. The predicted octanol–water partition coefficient (Wildman–Crippen LogP) is 3.51. The molecule has 3 rings (SSSR count). The van der Waals surface area contributed by atoms with Crippen molar-refractivity contribution in [2.45, 2.75) is 0 Å². The Morgan fingerprint density at radius 2 is 1.96 bits per heavy atom. The van der Waals surface area contributed by atoms with E-state index < -0.39 is 0 Å². The van der Waals surface area contributed by atoms with Gasteiger partial charge in [-0.2, -0.15) is 0 Å². The van der Waals surface area contributed by atoms with Crippen LogP contribution in [0.5, 0.6) is 0 Å². The molecule has 0 saturated heterocycles. The van der Waals surface area contributed by atoms with Gasteiger partial charge in [-0.25, -0.2) is 9.07 Å². The minimum absolute atomic E-state index is 0.289. The van der Waals surface area contributed by atoms with Crippen LogP contribution in [-0.2, 0) is 0 Å². The van der Waals surface area contributed by atoms with E-state index in [1.807, 2.05) is 6.07 Å². The summed E-state index contributed by atoms with van der Waals surface area (Å²) in [4.78, 5) is 4.26. The third kappa shape index (κ3) is 3.87. The fourth-order valence-electron chi connectivity index (χ4n) is 2.19. The van der Waals surface area contributed by atoms with Gasteiger partial charge in [0, 0.05) is 11.8 Å². The topological polar surface area (TPSA) is 69.6 Å². The first-order valence-electron chi connectivity index (χ1n) is 7.57. The summed E-state index contributed by atoms with van der Waals surface area (Å²) >= 11 is 0. The van der Waals surface area contributed by atoms with Crippen molar-refractivity contribution in [2.75, 3.05) is 0 Å². The molecular formula is C19H16FN5. The summed E-state index contributed by atoms with van der Waals surface area (Å²) in [6.07, 6.45) is 10.4. The summed E-state index contributed by atoms with van der Waals surface area (Å²) in [6, 6.07) is 9.72. The van der Waals surface area contributed by atoms with Gasteiger partial charge in [-0.15, -0.1) is 5.10 Å². The van der Waals surface area contributed by atoms with Crippen LogP contribution in [0.1, 0.15) is 5.69 Å². The Bertz CT molecular complexity index is 938. The summed E-state index contributed by atoms with van der Waals surface area (Å²) < 4.78 is 14.7. The van der Waals surface area contributed by atoms with Crippen LogP contribution in [0, 0.1) is 5.82 Å². The first-order chi connectivity index (χ1) is 12.2. The number of benzene rings is 1. The van der Waals surface area contributed by atoms with Gasteiger partial charge in [-0.3, -0.25) is 4.98 Å². The van der Waals surface area contributed by atoms with Crippen LogP contribution >= 0.6 is 0 Å². The molecule has 0 unspecified atom stereocenters. The zero-order chi connectivity index (χ0) is 17.6. The van der Waals surface area contributed by atoms with Gasteiger partial charge in [-0.1, -0.05) is 30.0 Å². The molecule has 0 radical (unpaired) electrons. The Morgan fingerprint density at radius 3 is 2.72 bits per heavy atom. The molecule has 1 aromatic carbocycles. The molecule has 0 atom stereocenters. The van der Waals surface area contributed by atoms with Gasteiger partial charge in [0.25, 0.3) is 0 Å². The third-order valence-corrected chi connectivity index (χ3v) is 3.46. The van der Waals surface area contributed by atoms with Crippen LogP contribution in [0.4, 0.5) is 4.39 Å². The predicted molar refractivity (Wildman–Crippen MR) is 96.0 cm³/mol. The molecule has 124 valence electrons. The normalized spacial score (nSPS) is 11.8. The van der Waals surface area contributed by atoms with Crippen molar-refractivity contribution in [1.82, 2.24) is 20.0 Å². The molecule has 6 heteroatoms. The second kappa shape index (κ2) is 7.35. The summed E-state index contributed by atoms with van der Waals surface area (Å²) in [6.45, 7) is 3.60. The van der Waals surface area contributed by atoms with E-state index in [-0.39, 0.29) is 5.82 Å². The molecule has 0 saturated carbocycles. The highest BCUT2D eigenvalue weighted by Gasteiger charge is 2.07. The van der Waals surface area contributed by atoms with Gasteiger partial charge in [0.2, 0.25) is 0 Å². The molecule has 0 amide bonds. The number of allylic oxidation sites excluding steroid dienone is 4. The van der Waals surface area contributed by atoms with Crippen LogP contribution in [0.2, 0.25) is 0 Å². The Morgan fingerprint density at radius 1 is 1.16 bits per heavy atom. The molecule has 2 aromatic heterocycles. The lowest BCUT2D eigenvalue weighted by Gasteiger charge is -2.03. The molecule has 25 heavy (non-hydrogen) atoms. The standard InChI is InChI=1S/C19H16FN5/c1-2-3-4-5-17(21)18-12-16(10-11-22-18)25-13-19(23-24-25)14-6-8-15(20)9-7-14/h2-13H,1,21H2/b4-3-,17-5-. The Kier molecular flexibility index (Phi) is 4.80. The average Bonchev–Trinajstić information content (AvgIpc) is 3.13. The van der Waals surface area contributed by atoms with E-state index in [1.165, 1.54) is 12.1 Å². The monoisotopic (exact) mass is 333 g/mol. The molecule has 3 aromatic rings. The van der Waals surface area contributed by atoms with Gasteiger partial charge >= 0.3 is 0 Å². The van der Waals surface area contributed by atoms with Gasteiger partial charge in [0.05, 0.1) is 23.3 Å². The van der Waals surface area contributed by atoms with Crippen molar-refractivity contribution in [2.24, 2.45) is 5.73 Å². The number of nitrogens with zero attached hydrogens (tertiary/aromatic N) is 4. The van der Waals surface area contributed by atoms with Gasteiger partial charge < -0.3 is 5.73 Å². The first kappa shape index (κ1) is 16.3. The van der Waals surface area contributed by atoms with Gasteiger partial charge in [0.15, 0.2) is 0 Å². The number of pyridine rings is 1. The van der Waals surface area contributed by atoms with E-state index >= 15 is 0 Å². The molecule has 0 aliphatic heterocycles. The Labute approximate surface area is 144 Å². The average molecular weight is 333 g/mol. The molecular weight excluding hydrogens is 317 g/mol. The largest absolute Gasteiger partial charge is 0.397 e. The SMILES string of the molecule is C=C/C=C\C=C(/N)c1cc(-n2cc(-c3ccc(F)cc3)nn2)ccn1. The maximum Gasteiger partial charge on any atom is 0.123 e. The molecule has 5 nitrogen and oxygen atoms in total. The van der Waals surface area contributed by atoms with Crippen LogP contribution in [-0.4, -0.2) is 20.0 Å². The highest BCUT2D eigenvalue weighted by atomic mass is 19.1. The smallest absolute Gasteiger partial charge is 0.123 e. The molecule has 0 spiro atoms. The Balaban J connectivity index is 1.89. The van der Waals surface area contributed by atoms with Crippen molar-refractivity contribution >= 4 is 5.70 Å². The van der Waals surface area contributed by atoms with Crippen molar-refractivity contribution in [1.29, 1.82) is 0 Å². The van der Waals surface area contributed by atoms with Gasteiger partial charge in [-0.05, 0) is 42.5 Å². The van der Waals surface area contributed by atoms with E-state index in [2.05, 4.69) is 21.9 Å². The summed E-state index contributed by atoms with van der Waals surface area (Å²) in [5.74, 6) is -0.289. The molecule has 2 heterocycles. The number of halogens is 1. The first-order valence-corrected chi connectivity index (χ1v) is 7.57. The molecule has 0 bridgehead atoms. The van der Waals surface area contributed by atoms with E-state index in [0.29, 0.717) is 17.1 Å². The fraction of sp³-hybridized carbons (Fsp3) is 0. The molecule has 0 aliphatic rings. The highest BCUT2D eigenvalue weighted by Crippen LogP contribution is 2.19. The fourth-order valence-corrected chi connectivity index (χ4v) is 2.19. The maximum atomic E-state index is 13.0. The Hall–Kier alpha value is -3.54. The van der Waals surface area contributed by atoms with E-state index in [9.17, 15) is 4.39 Å². The lowest BCUT2D eigenvalue weighted by Crippen LogP contribution is -2.02. The van der Waals surface area contributed by atoms with Crippen LogP contribution in [0.25, 0.3) is 22.6 Å². The summed E-state index contributed by atoms with van der Waals surface area (Å²) in [5, 5.41) is 8.25. The summed E-state index contributed by atoms with van der Waals surface area (Å²) in [5.41, 5.74) is 9.39. The second-order valence-electron chi connectivity index (χ2n) is 5.20. The number of hydrogen-bond donors (Lipinski definition) is 1. The summed E-state index contributed by atoms with van der Waals surface area (Å²) in [7, 11) is 0. The minimum Gasteiger partial charge on any atom is -0.397 e. The zero-order valence-corrected chi connectivity index (χ0v) is 13.4. The lowest BCUT2D eigenvalue weighted by molar-refractivity contribution is 0.628. The molecule has 0 fully saturated rings. The van der Waals surface area contributed by atoms with Crippen LogP contribution in [0.15, 0.2) is 79.7 Å². The number of rotatable bonds is 5. The van der Waals surface area contributed by atoms with E-state index in [1.54, 1.807) is 59.6 Å². The second-order valence-corrected chi connectivity index (χ2v) is 5.20. The van der Waals surface area contributed by atoms with Gasteiger partial charge in [0.1, 0.15) is 11.5 Å². The lowest BCUT2D eigenvalue weighted by atomic mass is 10.2. The highest BCUT2D eigenvalue weighted by molar-refractivity contribution is 5.63. The zero-order valence-electron chi connectivity index (χ0n) is 13.4. The van der Waals surface area contributed by atoms with Crippen molar-refractivity contribution in [3.8, 4) is 16.9 Å². The molecule has 2 N–H and O–H groups in total. The number of aromatic nitrogens is 4. The number of hydrogen-bond acceptors (Lipinski definition) is 4. The van der Waals surface area contributed by atoms with E-state index in [4.69, 9.17) is 5.73 Å².